The molecule has 0 aliphatic heterocycles. The average molecular weight is 296 g/mol. The van der Waals surface area contributed by atoms with E-state index in [1.807, 2.05) is 19.9 Å². The van der Waals surface area contributed by atoms with Crippen molar-refractivity contribution < 1.29 is 8.78 Å². The van der Waals surface area contributed by atoms with Gasteiger partial charge in [-0.05, 0) is 44.4 Å². The maximum Gasteiger partial charge on any atom is 0.124 e. The second kappa shape index (κ2) is 5.88. The molecule has 0 saturated carbocycles. The Hall–Kier alpha value is -1.48. The highest BCUT2D eigenvalue weighted by molar-refractivity contribution is 6.48. The fourth-order valence-electron chi connectivity index (χ4n) is 2.31. The van der Waals surface area contributed by atoms with Gasteiger partial charge in [0.2, 0.25) is 0 Å². The highest BCUT2D eigenvalue weighted by Gasteiger charge is 2.25. The molecule has 0 bridgehead atoms. The number of aryl methyl sites for hydroxylation is 1. The number of rotatable bonds is 2. The van der Waals surface area contributed by atoms with Gasteiger partial charge in [0.25, 0.3) is 0 Å². The van der Waals surface area contributed by atoms with Crippen LogP contribution in [-0.4, -0.2) is 4.98 Å². The van der Waals surface area contributed by atoms with Crippen LogP contribution in [0.5, 0.6) is 0 Å². The zero-order valence-corrected chi connectivity index (χ0v) is 12.4. The molecule has 1 heterocycles. The Morgan fingerprint density at radius 1 is 1.40 bits per heavy atom. The van der Waals surface area contributed by atoms with Crippen molar-refractivity contribution >= 4 is 16.6 Å². The van der Waals surface area contributed by atoms with Crippen LogP contribution in [0.1, 0.15) is 43.0 Å². The number of pyridine rings is 1. The van der Waals surface area contributed by atoms with Crippen molar-refractivity contribution in [3.8, 4) is 0 Å². The largest absolute Gasteiger partial charge is 0.255 e. The lowest BCUT2D eigenvalue weighted by Crippen LogP contribution is -2.07. The predicted octanol–water partition coefficient (Wildman–Crippen LogP) is 5.57. The van der Waals surface area contributed by atoms with Crippen LogP contribution in [0.15, 0.2) is 41.6 Å². The number of allylic oxidation sites excluding steroid dienone is 5. The molecule has 0 saturated heterocycles. The van der Waals surface area contributed by atoms with Crippen LogP contribution in [0.4, 0.5) is 8.78 Å². The smallest absolute Gasteiger partial charge is 0.124 e. The number of halogens is 3. The van der Waals surface area contributed by atoms with Crippen LogP contribution in [0, 0.1) is 6.92 Å². The summed E-state index contributed by atoms with van der Waals surface area (Å²) in [5.74, 6) is -1.35. The summed E-state index contributed by atoms with van der Waals surface area (Å²) in [7, 11) is 0. The Morgan fingerprint density at radius 3 is 2.70 bits per heavy atom. The van der Waals surface area contributed by atoms with Crippen LogP contribution in [0.25, 0.3) is 5.03 Å². The molecule has 0 radical (unpaired) electrons. The quantitative estimate of drug-likeness (QED) is 0.694. The molecule has 1 unspecified atom stereocenters. The molecule has 1 atom stereocenters. The second-order valence-electron chi connectivity index (χ2n) is 4.88. The van der Waals surface area contributed by atoms with Crippen molar-refractivity contribution in [2.24, 2.45) is 0 Å². The normalized spacial score (nSPS) is 20.2. The molecule has 4 heteroatoms. The number of hydrogen-bond donors (Lipinski definition) is 0. The van der Waals surface area contributed by atoms with E-state index in [0.29, 0.717) is 17.1 Å². The summed E-state index contributed by atoms with van der Waals surface area (Å²) >= 11 is 6.06. The van der Waals surface area contributed by atoms with Crippen molar-refractivity contribution in [2.45, 2.75) is 33.1 Å². The Labute approximate surface area is 122 Å². The van der Waals surface area contributed by atoms with Crippen LogP contribution in [0.2, 0.25) is 0 Å². The van der Waals surface area contributed by atoms with Gasteiger partial charge in [-0.1, -0.05) is 23.7 Å². The van der Waals surface area contributed by atoms with E-state index in [2.05, 4.69) is 4.98 Å². The van der Waals surface area contributed by atoms with E-state index in [-0.39, 0.29) is 5.57 Å². The molecule has 0 aromatic carbocycles. The lowest BCUT2D eigenvalue weighted by Gasteiger charge is -2.20. The molecule has 0 spiro atoms. The predicted molar refractivity (Wildman–Crippen MR) is 78.8 cm³/mol. The highest BCUT2D eigenvalue weighted by atomic mass is 35.5. The maximum atomic E-state index is 14.2. The summed E-state index contributed by atoms with van der Waals surface area (Å²) in [4.78, 5) is 4.30. The van der Waals surface area contributed by atoms with Gasteiger partial charge in [-0.2, -0.15) is 0 Å². The van der Waals surface area contributed by atoms with Crippen LogP contribution in [-0.2, 0) is 0 Å². The van der Waals surface area contributed by atoms with Crippen molar-refractivity contribution in [3.63, 3.8) is 0 Å². The van der Waals surface area contributed by atoms with Gasteiger partial charge in [-0.3, -0.25) is 4.98 Å². The van der Waals surface area contributed by atoms with Gasteiger partial charge in [0.1, 0.15) is 11.7 Å². The maximum absolute atomic E-state index is 14.2. The molecule has 1 aromatic heterocycles. The van der Waals surface area contributed by atoms with Crippen molar-refractivity contribution in [1.82, 2.24) is 4.98 Å². The second-order valence-corrected chi connectivity index (χ2v) is 5.29. The van der Waals surface area contributed by atoms with Gasteiger partial charge in [0.05, 0.1) is 10.7 Å². The van der Waals surface area contributed by atoms with Crippen molar-refractivity contribution in [2.75, 3.05) is 0 Å². The first-order chi connectivity index (χ1) is 9.45. The lowest BCUT2D eigenvalue weighted by atomic mass is 9.88. The first-order valence-corrected chi connectivity index (χ1v) is 6.84. The number of nitrogens with zero attached hydrogens (tertiary/aromatic N) is 1. The van der Waals surface area contributed by atoms with E-state index >= 15 is 0 Å². The third-order valence-electron chi connectivity index (χ3n) is 3.54. The first kappa shape index (κ1) is 14.9. The molecule has 1 aromatic rings. The minimum absolute atomic E-state index is 0.0782. The zero-order chi connectivity index (χ0) is 14.9. The third-order valence-corrected chi connectivity index (χ3v) is 3.93. The molecule has 1 aliphatic rings. The van der Waals surface area contributed by atoms with Gasteiger partial charge in [-0.25, -0.2) is 8.78 Å². The molecule has 20 heavy (non-hydrogen) atoms. The van der Waals surface area contributed by atoms with E-state index in [1.165, 1.54) is 13.0 Å². The van der Waals surface area contributed by atoms with E-state index in [9.17, 15) is 8.78 Å². The van der Waals surface area contributed by atoms with Gasteiger partial charge in [0, 0.05) is 17.7 Å². The fraction of sp³-hybridized carbons (Fsp3) is 0.312. The molecule has 1 nitrogen and oxygen atoms in total. The standard InChI is InChI=1S/C16H16ClF2N/c1-4-13(17)16-9(2)7-11(8-20-16)12-5-6-14(18)10(3)15(12)19/h4,6-8,12H,5H2,1-3H3/b13-4+. The molecule has 0 amide bonds. The summed E-state index contributed by atoms with van der Waals surface area (Å²) < 4.78 is 27.5. The van der Waals surface area contributed by atoms with E-state index in [1.54, 1.807) is 12.3 Å². The lowest BCUT2D eigenvalue weighted by molar-refractivity contribution is 0.503. The molecule has 106 valence electrons. The Balaban J connectivity index is 2.39. The third kappa shape index (κ3) is 2.68. The Bertz CT molecular complexity index is 629. The van der Waals surface area contributed by atoms with Gasteiger partial charge >= 0.3 is 0 Å². The molecular formula is C16H16ClF2N. The Kier molecular flexibility index (Phi) is 4.39. The summed E-state index contributed by atoms with van der Waals surface area (Å²) in [5, 5.41) is 0.566. The SMILES string of the molecule is C/C=C(/Cl)c1ncc(C2CC=C(F)C(C)=C2F)cc1C. The summed E-state index contributed by atoms with van der Waals surface area (Å²) in [6, 6.07) is 1.86. The average Bonchev–Trinajstić information content (AvgIpc) is 2.44. The summed E-state index contributed by atoms with van der Waals surface area (Å²) in [6.45, 7) is 5.17. The van der Waals surface area contributed by atoms with Gasteiger partial charge < -0.3 is 0 Å². The summed E-state index contributed by atoms with van der Waals surface area (Å²) in [5.41, 5.74) is 2.39. The fourth-order valence-corrected chi connectivity index (χ4v) is 2.51. The van der Waals surface area contributed by atoms with E-state index in [4.69, 9.17) is 11.6 Å². The van der Waals surface area contributed by atoms with Crippen molar-refractivity contribution in [1.29, 1.82) is 0 Å². The topological polar surface area (TPSA) is 12.9 Å². The molecular weight excluding hydrogens is 280 g/mol. The zero-order valence-electron chi connectivity index (χ0n) is 11.7. The van der Waals surface area contributed by atoms with Crippen molar-refractivity contribution in [3.05, 3.63) is 58.5 Å². The molecule has 1 aliphatic carbocycles. The van der Waals surface area contributed by atoms with E-state index in [0.717, 1.165) is 11.1 Å². The van der Waals surface area contributed by atoms with Gasteiger partial charge in [-0.15, -0.1) is 0 Å². The molecule has 0 fully saturated rings. The van der Waals surface area contributed by atoms with Crippen LogP contribution >= 0.6 is 11.6 Å². The first-order valence-electron chi connectivity index (χ1n) is 6.46. The monoisotopic (exact) mass is 295 g/mol. The van der Waals surface area contributed by atoms with E-state index < -0.39 is 17.6 Å². The number of aromatic nitrogens is 1. The van der Waals surface area contributed by atoms with Crippen LogP contribution in [0.3, 0.4) is 0 Å². The number of hydrogen-bond acceptors (Lipinski definition) is 1. The van der Waals surface area contributed by atoms with Gasteiger partial charge in [0.15, 0.2) is 0 Å². The highest BCUT2D eigenvalue weighted by Crippen LogP contribution is 2.38. The molecule has 0 N–H and O–H groups in total. The van der Waals surface area contributed by atoms with Crippen LogP contribution < -0.4 is 0 Å². The minimum Gasteiger partial charge on any atom is -0.255 e. The minimum atomic E-state index is -0.475. The Morgan fingerprint density at radius 2 is 2.10 bits per heavy atom. The molecule has 2 rings (SSSR count). The summed E-state index contributed by atoms with van der Waals surface area (Å²) in [6.07, 6.45) is 5.11.